The molecule has 2 unspecified atom stereocenters. The molecule has 2 nitrogen and oxygen atoms in total. The van der Waals surface area contributed by atoms with Crippen LogP contribution in [0.4, 0.5) is 0 Å². The van der Waals surface area contributed by atoms with Crippen molar-refractivity contribution in [3.05, 3.63) is 33.8 Å². The maximum Gasteiger partial charge on any atom is 0.0465 e. The third kappa shape index (κ3) is 3.88. The second-order valence-corrected chi connectivity index (χ2v) is 6.49. The highest BCUT2D eigenvalue weighted by molar-refractivity contribution is 6.35. The molecule has 1 saturated carbocycles. The zero-order valence-corrected chi connectivity index (χ0v) is 13.6. The maximum atomic E-state index is 6.30. The Bertz CT molecular complexity index is 436. The van der Waals surface area contributed by atoms with Crippen LogP contribution in [0.1, 0.15) is 38.2 Å². The van der Waals surface area contributed by atoms with Crippen LogP contribution in [0.5, 0.6) is 0 Å². The molecule has 0 heterocycles. The molecule has 1 aromatic carbocycles. The van der Waals surface area contributed by atoms with E-state index in [1.54, 1.807) is 0 Å². The molecule has 0 aliphatic heterocycles. The van der Waals surface area contributed by atoms with Crippen LogP contribution < -0.4 is 5.73 Å². The Balaban J connectivity index is 2.11. The second-order valence-electron chi connectivity index (χ2n) is 5.65. The number of rotatable bonds is 5. The van der Waals surface area contributed by atoms with Crippen LogP contribution >= 0.6 is 23.2 Å². The minimum absolute atomic E-state index is 0.588. The van der Waals surface area contributed by atoms with Gasteiger partial charge < -0.3 is 5.73 Å². The highest BCUT2D eigenvalue weighted by atomic mass is 35.5. The van der Waals surface area contributed by atoms with Gasteiger partial charge in [0.25, 0.3) is 0 Å². The predicted octanol–water partition coefficient (Wildman–Crippen LogP) is 4.33. The zero-order chi connectivity index (χ0) is 14.5. The fourth-order valence-electron chi connectivity index (χ4n) is 3.28. The molecule has 4 heteroatoms. The SMILES string of the molecule is CCN(Cc1ccc(Cl)cc1Cl)C1CCCCC1CN. The van der Waals surface area contributed by atoms with Crippen molar-refractivity contribution in [3.63, 3.8) is 0 Å². The molecule has 0 aromatic heterocycles. The average Bonchev–Trinajstić information content (AvgIpc) is 2.46. The lowest BCUT2D eigenvalue weighted by atomic mass is 9.83. The summed E-state index contributed by atoms with van der Waals surface area (Å²) in [6.07, 6.45) is 5.14. The fraction of sp³-hybridized carbons (Fsp3) is 0.625. The van der Waals surface area contributed by atoms with Gasteiger partial charge in [-0.1, -0.05) is 49.0 Å². The van der Waals surface area contributed by atoms with Gasteiger partial charge >= 0.3 is 0 Å². The number of hydrogen-bond donors (Lipinski definition) is 1. The Kier molecular flexibility index (Phi) is 6.16. The number of nitrogens with zero attached hydrogens (tertiary/aromatic N) is 1. The molecule has 2 rings (SSSR count). The van der Waals surface area contributed by atoms with Gasteiger partial charge in [-0.05, 0) is 49.5 Å². The minimum atomic E-state index is 0.588. The van der Waals surface area contributed by atoms with E-state index in [-0.39, 0.29) is 0 Å². The van der Waals surface area contributed by atoms with Crippen LogP contribution in [-0.2, 0) is 6.54 Å². The number of halogens is 2. The summed E-state index contributed by atoms with van der Waals surface area (Å²) < 4.78 is 0. The molecule has 1 aliphatic carbocycles. The van der Waals surface area contributed by atoms with Crippen molar-refractivity contribution in [1.29, 1.82) is 0 Å². The van der Waals surface area contributed by atoms with Gasteiger partial charge in [0.15, 0.2) is 0 Å². The molecule has 20 heavy (non-hydrogen) atoms. The third-order valence-electron chi connectivity index (χ3n) is 4.44. The molecular weight excluding hydrogens is 291 g/mol. The summed E-state index contributed by atoms with van der Waals surface area (Å²) in [6.45, 7) is 4.91. The van der Waals surface area contributed by atoms with Gasteiger partial charge in [-0.3, -0.25) is 4.90 Å². The van der Waals surface area contributed by atoms with Crippen LogP contribution in [0, 0.1) is 5.92 Å². The van der Waals surface area contributed by atoms with Crippen molar-refractivity contribution in [2.45, 2.75) is 45.2 Å². The van der Waals surface area contributed by atoms with Gasteiger partial charge in [0.1, 0.15) is 0 Å². The van der Waals surface area contributed by atoms with Crippen LogP contribution in [0.25, 0.3) is 0 Å². The molecule has 1 aliphatic rings. The van der Waals surface area contributed by atoms with E-state index in [0.717, 1.165) is 30.2 Å². The molecule has 0 amide bonds. The normalized spacial score (nSPS) is 23.2. The van der Waals surface area contributed by atoms with Crippen LogP contribution in [-0.4, -0.2) is 24.0 Å². The standard InChI is InChI=1S/C16H24Cl2N2/c1-2-20(16-6-4-3-5-12(16)10-19)11-13-7-8-14(17)9-15(13)18/h7-9,12,16H,2-6,10-11,19H2,1H3. The van der Waals surface area contributed by atoms with Crippen LogP contribution in [0.2, 0.25) is 10.0 Å². The first kappa shape index (κ1) is 16.1. The van der Waals surface area contributed by atoms with Crippen LogP contribution in [0.15, 0.2) is 18.2 Å². The zero-order valence-electron chi connectivity index (χ0n) is 12.1. The van der Waals surface area contributed by atoms with Gasteiger partial charge in [0.2, 0.25) is 0 Å². The summed E-state index contributed by atoms with van der Waals surface area (Å²) in [6, 6.07) is 6.37. The van der Waals surface area contributed by atoms with Gasteiger partial charge in [-0.25, -0.2) is 0 Å². The summed E-state index contributed by atoms with van der Waals surface area (Å²) in [5.41, 5.74) is 7.11. The number of benzene rings is 1. The van der Waals surface area contributed by atoms with E-state index < -0.39 is 0 Å². The highest BCUT2D eigenvalue weighted by Crippen LogP contribution is 2.30. The van der Waals surface area contributed by atoms with Crippen molar-refractivity contribution in [3.8, 4) is 0 Å². The van der Waals surface area contributed by atoms with E-state index >= 15 is 0 Å². The summed E-state index contributed by atoms with van der Waals surface area (Å²) in [5.74, 6) is 0.620. The molecular formula is C16H24Cl2N2. The lowest BCUT2D eigenvalue weighted by Crippen LogP contribution is -2.44. The van der Waals surface area contributed by atoms with Crippen molar-refractivity contribution in [1.82, 2.24) is 4.90 Å². The Morgan fingerprint density at radius 1 is 1.25 bits per heavy atom. The fourth-order valence-corrected chi connectivity index (χ4v) is 3.74. The summed E-state index contributed by atoms with van der Waals surface area (Å²) >= 11 is 12.3. The Morgan fingerprint density at radius 3 is 2.65 bits per heavy atom. The van der Waals surface area contributed by atoms with Crippen molar-refractivity contribution in [2.75, 3.05) is 13.1 Å². The second kappa shape index (κ2) is 7.65. The monoisotopic (exact) mass is 314 g/mol. The molecule has 2 atom stereocenters. The quantitative estimate of drug-likeness (QED) is 0.876. The smallest absolute Gasteiger partial charge is 0.0465 e. The lowest BCUT2D eigenvalue weighted by Gasteiger charge is -2.39. The highest BCUT2D eigenvalue weighted by Gasteiger charge is 2.28. The molecule has 0 radical (unpaired) electrons. The van der Waals surface area contributed by atoms with E-state index in [4.69, 9.17) is 28.9 Å². The number of hydrogen-bond acceptors (Lipinski definition) is 2. The van der Waals surface area contributed by atoms with Gasteiger partial charge in [0.05, 0.1) is 0 Å². The average molecular weight is 315 g/mol. The van der Waals surface area contributed by atoms with Gasteiger partial charge in [-0.15, -0.1) is 0 Å². The lowest BCUT2D eigenvalue weighted by molar-refractivity contribution is 0.105. The topological polar surface area (TPSA) is 29.3 Å². The molecule has 112 valence electrons. The first-order valence-corrected chi connectivity index (χ1v) is 8.29. The van der Waals surface area contributed by atoms with Crippen molar-refractivity contribution >= 4 is 23.2 Å². The molecule has 1 aromatic rings. The van der Waals surface area contributed by atoms with Crippen LogP contribution in [0.3, 0.4) is 0 Å². The third-order valence-corrected chi connectivity index (χ3v) is 5.02. The molecule has 1 fully saturated rings. The van der Waals surface area contributed by atoms with E-state index in [1.165, 1.54) is 25.7 Å². The summed E-state index contributed by atoms with van der Waals surface area (Å²) in [5, 5.41) is 1.45. The summed E-state index contributed by atoms with van der Waals surface area (Å²) in [4.78, 5) is 2.52. The van der Waals surface area contributed by atoms with E-state index in [0.29, 0.717) is 17.0 Å². The predicted molar refractivity (Wildman–Crippen MR) is 87.3 cm³/mol. The van der Waals surface area contributed by atoms with Crippen molar-refractivity contribution < 1.29 is 0 Å². The minimum Gasteiger partial charge on any atom is -0.330 e. The maximum absolute atomic E-state index is 6.30. The largest absolute Gasteiger partial charge is 0.330 e. The van der Waals surface area contributed by atoms with E-state index in [2.05, 4.69) is 11.8 Å². The Hall–Kier alpha value is -0.280. The number of nitrogens with two attached hydrogens (primary N) is 1. The van der Waals surface area contributed by atoms with Crippen molar-refractivity contribution in [2.24, 2.45) is 11.7 Å². The molecule has 0 spiro atoms. The van der Waals surface area contributed by atoms with Gasteiger partial charge in [-0.2, -0.15) is 0 Å². The molecule has 2 N–H and O–H groups in total. The van der Waals surface area contributed by atoms with E-state index in [9.17, 15) is 0 Å². The summed E-state index contributed by atoms with van der Waals surface area (Å²) in [7, 11) is 0. The molecule has 0 bridgehead atoms. The first-order valence-electron chi connectivity index (χ1n) is 7.53. The first-order chi connectivity index (χ1) is 9.65. The van der Waals surface area contributed by atoms with Gasteiger partial charge in [0, 0.05) is 22.6 Å². The molecule has 0 saturated heterocycles. The van der Waals surface area contributed by atoms with E-state index in [1.807, 2.05) is 18.2 Å². The Morgan fingerprint density at radius 2 is 2.00 bits per heavy atom. The Labute approximate surface area is 132 Å².